The SMILES string of the molecule is CCCC[CH]Cc1c(C)cccc1C. The summed E-state index contributed by atoms with van der Waals surface area (Å²) in [6.45, 7) is 6.65. The zero-order valence-electron chi connectivity index (χ0n) is 9.64. The van der Waals surface area contributed by atoms with Crippen molar-refractivity contribution in [1.29, 1.82) is 0 Å². The van der Waals surface area contributed by atoms with Crippen LogP contribution in [0.25, 0.3) is 0 Å². The van der Waals surface area contributed by atoms with E-state index in [-0.39, 0.29) is 0 Å². The molecule has 0 bridgehead atoms. The molecular formula is C14H21. The first-order valence-electron chi connectivity index (χ1n) is 5.62. The van der Waals surface area contributed by atoms with Gasteiger partial charge in [-0.2, -0.15) is 0 Å². The first-order chi connectivity index (χ1) is 6.75. The lowest BCUT2D eigenvalue weighted by Gasteiger charge is -2.08. The van der Waals surface area contributed by atoms with Crippen molar-refractivity contribution in [2.75, 3.05) is 0 Å². The predicted molar refractivity (Wildman–Crippen MR) is 63.4 cm³/mol. The van der Waals surface area contributed by atoms with Gasteiger partial charge >= 0.3 is 0 Å². The van der Waals surface area contributed by atoms with Crippen molar-refractivity contribution in [1.82, 2.24) is 0 Å². The average molecular weight is 189 g/mol. The van der Waals surface area contributed by atoms with Crippen LogP contribution in [0, 0.1) is 20.3 Å². The van der Waals surface area contributed by atoms with Crippen LogP contribution in [0.5, 0.6) is 0 Å². The van der Waals surface area contributed by atoms with E-state index in [9.17, 15) is 0 Å². The lowest BCUT2D eigenvalue weighted by Crippen LogP contribution is -1.94. The molecule has 0 aromatic heterocycles. The van der Waals surface area contributed by atoms with Crippen molar-refractivity contribution >= 4 is 0 Å². The fourth-order valence-electron chi connectivity index (χ4n) is 1.77. The third-order valence-corrected chi connectivity index (χ3v) is 2.75. The van der Waals surface area contributed by atoms with Gasteiger partial charge in [-0.15, -0.1) is 0 Å². The topological polar surface area (TPSA) is 0 Å². The van der Waals surface area contributed by atoms with Gasteiger partial charge in [-0.25, -0.2) is 0 Å². The van der Waals surface area contributed by atoms with E-state index < -0.39 is 0 Å². The molecule has 0 atom stereocenters. The van der Waals surface area contributed by atoms with Crippen molar-refractivity contribution in [2.45, 2.75) is 46.5 Å². The normalized spacial score (nSPS) is 10.5. The number of unbranched alkanes of at least 4 members (excludes halogenated alkanes) is 3. The molecule has 0 heteroatoms. The van der Waals surface area contributed by atoms with Crippen LogP contribution < -0.4 is 0 Å². The van der Waals surface area contributed by atoms with Gasteiger partial charge in [0.05, 0.1) is 0 Å². The molecule has 0 fully saturated rings. The van der Waals surface area contributed by atoms with Gasteiger partial charge in [0.15, 0.2) is 0 Å². The van der Waals surface area contributed by atoms with Crippen molar-refractivity contribution in [3.8, 4) is 0 Å². The quantitative estimate of drug-likeness (QED) is 0.608. The maximum atomic E-state index is 2.42. The Labute approximate surface area is 88.4 Å². The van der Waals surface area contributed by atoms with E-state index in [1.54, 1.807) is 0 Å². The Morgan fingerprint density at radius 3 is 2.36 bits per heavy atom. The van der Waals surface area contributed by atoms with Gasteiger partial charge in [-0.1, -0.05) is 38.0 Å². The van der Waals surface area contributed by atoms with E-state index in [0.717, 1.165) is 6.42 Å². The van der Waals surface area contributed by atoms with Crippen molar-refractivity contribution in [3.63, 3.8) is 0 Å². The Kier molecular flexibility index (Phi) is 4.72. The summed E-state index contributed by atoms with van der Waals surface area (Å²) in [4.78, 5) is 0. The molecule has 1 aromatic rings. The van der Waals surface area contributed by atoms with E-state index in [1.165, 1.54) is 36.0 Å². The zero-order chi connectivity index (χ0) is 10.4. The Morgan fingerprint density at radius 2 is 1.79 bits per heavy atom. The maximum Gasteiger partial charge on any atom is -0.0242 e. The summed E-state index contributed by atoms with van der Waals surface area (Å²) in [6.07, 6.45) is 7.43. The maximum absolute atomic E-state index is 2.42. The summed E-state index contributed by atoms with van der Waals surface area (Å²) in [5.41, 5.74) is 4.37. The molecular weight excluding hydrogens is 168 g/mol. The lowest BCUT2D eigenvalue weighted by molar-refractivity contribution is 0.765. The highest BCUT2D eigenvalue weighted by Gasteiger charge is 2.01. The molecule has 0 amide bonds. The van der Waals surface area contributed by atoms with Crippen LogP contribution in [-0.4, -0.2) is 0 Å². The van der Waals surface area contributed by atoms with Crippen LogP contribution in [0.4, 0.5) is 0 Å². The first kappa shape index (κ1) is 11.3. The summed E-state index contributed by atoms with van der Waals surface area (Å²) in [6, 6.07) is 6.55. The van der Waals surface area contributed by atoms with E-state index in [1.807, 2.05) is 0 Å². The van der Waals surface area contributed by atoms with Crippen molar-refractivity contribution in [3.05, 3.63) is 41.3 Å². The Hall–Kier alpha value is -0.780. The predicted octanol–water partition coefficient (Wildman–Crippen LogP) is 4.24. The van der Waals surface area contributed by atoms with Crippen LogP contribution >= 0.6 is 0 Å². The fourth-order valence-corrected chi connectivity index (χ4v) is 1.77. The molecule has 0 N–H and O–H groups in total. The highest BCUT2D eigenvalue weighted by molar-refractivity contribution is 5.34. The molecule has 0 nitrogen and oxygen atoms in total. The summed E-state index contributed by atoms with van der Waals surface area (Å²) < 4.78 is 0. The minimum Gasteiger partial charge on any atom is -0.0654 e. The molecule has 1 rings (SSSR count). The summed E-state index contributed by atoms with van der Waals surface area (Å²) >= 11 is 0. The second-order valence-electron chi connectivity index (χ2n) is 4.01. The van der Waals surface area contributed by atoms with Gasteiger partial charge in [0, 0.05) is 0 Å². The van der Waals surface area contributed by atoms with E-state index in [2.05, 4.69) is 45.4 Å². The molecule has 0 heterocycles. The Bertz CT molecular complexity index is 253. The third-order valence-electron chi connectivity index (χ3n) is 2.75. The first-order valence-corrected chi connectivity index (χ1v) is 5.62. The Morgan fingerprint density at radius 1 is 1.14 bits per heavy atom. The monoisotopic (exact) mass is 189 g/mol. The van der Waals surface area contributed by atoms with Gasteiger partial charge in [0.2, 0.25) is 0 Å². The summed E-state index contributed by atoms with van der Waals surface area (Å²) in [7, 11) is 0. The number of benzene rings is 1. The highest BCUT2D eigenvalue weighted by Crippen LogP contribution is 2.16. The fraction of sp³-hybridized carbons (Fsp3) is 0.500. The number of hydrogen-bond donors (Lipinski definition) is 0. The molecule has 0 unspecified atom stereocenters. The van der Waals surface area contributed by atoms with E-state index in [4.69, 9.17) is 0 Å². The lowest BCUT2D eigenvalue weighted by atomic mass is 9.97. The second-order valence-corrected chi connectivity index (χ2v) is 4.01. The molecule has 0 aliphatic carbocycles. The van der Waals surface area contributed by atoms with Crippen LogP contribution in [0.15, 0.2) is 18.2 Å². The zero-order valence-corrected chi connectivity index (χ0v) is 9.64. The highest BCUT2D eigenvalue weighted by atomic mass is 14.1. The van der Waals surface area contributed by atoms with Gasteiger partial charge < -0.3 is 0 Å². The minimum absolute atomic E-state index is 1.14. The second kappa shape index (κ2) is 5.85. The largest absolute Gasteiger partial charge is 0.0654 e. The number of aryl methyl sites for hydroxylation is 2. The molecule has 0 saturated carbocycles. The van der Waals surface area contributed by atoms with E-state index >= 15 is 0 Å². The van der Waals surface area contributed by atoms with Gasteiger partial charge in [0.1, 0.15) is 0 Å². The average Bonchev–Trinajstić information content (AvgIpc) is 2.16. The van der Waals surface area contributed by atoms with Crippen molar-refractivity contribution < 1.29 is 0 Å². The van der Waals surface area contributed by atoms with Crippen LogP contribution in [-0.2, 0) is 6.42 Å². The summed E-state index contributed by atoms with van der Waals surface area (Å²) in [5, 5.41) is 0. The smallest absolute Gasteiger partial charge is 0.0242 e. The molecule has 77 valence electrons. The van der Waals surface area contributed by atoms with Gasteiger partial charge in [-0.05, 0) is 49.8 Å². The molecule has 0 saturated heterocycles. The molecule has 0 aliphatic rings. The van der Waals surface area contributed by atoms with Gasteiger partial charge in [-0.3, -0.25) is 0 Å². The molecule has 1 aromatic carbocycles. The van der Waals surface area contributed by atoms with Gasteiger partial charge in [0.25, 0.3) is 0 Å². The molecule has 0 spiro atoms. The van der Waals surface area contributed by atoms with Crippen LogP contribution in [0.3, 0.4) is 0 Å². The van der Waals surface area contributed by atoms with Crippen LogP contribution in [0.2, 0.25) is 0 Å². The molecule has 0 aliphatic heterocycles. The van der Waals surface area contributed by atoms with Crippen LogP contribution in [0.1, 0.15) is 42.9 Å². The molecule has 14 heavy (non-hydrogen) atoms. The number of hydrogen-bond acceptors (Lipinski definition) is 0. The summed E-state index contributed by atoms with van der Waals surface area (Å²) in [5.74, 6) is 0. The minimum atomic E-state index is 1.14. The molecule has 1 radical (unpaired) electrons. The standard InChI is InChI=1S/C14H21/c1-4-5-6-7-11-14-12(2)9-8-10-13(14)3/h7-10H,4-6,11H2,1-3H3. The Balaban J connectivity index is 2.49. The third kappa shape index (κ3) is 3.17. The van der Waals surface area contributed by atoms with Crippen molar-refractivity contribution in [2.24, 2.45) is 0 Å². The number of rotatable bonds is 5. The van der Waals surface area contributed by atoms with E-state index in [0.29, 0.717) is 0 Å².